The Morgan fingerprint density at radius 1 is 1.39 bits per heavy atom. The van der Waals surface area contributed by atoms with E-state index in [1.807, 2.05) is 0 Å². The average Bonchev–Trinajstić information content (AvgIpc) is 2.81. The van der Waals surface area contributed by atoms with Crippen molar-refractivity contribution >= 4 is 23.2 Å². The number of nitro benzene ring substituents is 1. The van der Waals surface area contributed by atoms with Gasteiger partial charge in [-0.2, -0.15) is 0 Å². The molecule has 96 valence electrons. The van der Waals surface area contributed by atoms with Crippen molar-refractivity contribution in [2.75, 3.05) is 0 Å². The fourth-order valence-electron chi connectivity index (χ4n) is 2.17. The molecule has 0 aliphatic heterocycles. The lowest BCUT2D eigenvalue weighted by molar-refractivity contribution is -0.384. The molecule has 0 unspecified atom stereocenters. The van der Waals surface area contributed by atoms with Crippen LogP contribution in [-0.4, -0.2) is 16.9 Å². The average molecular weight is 269 g/mol. The van der Waals surface area contributed by atoms with Crippen molar-refractivity contribution in [3.05, 3.63) is 38.9 Å². The maximum atomic E-state index is 12.0. The van der Waals surface area contributed by atoms with E-state index in [0.29, 0.717) is 0 Å². The predicted octanol–water partition coefficient (Wildman–Crippen LogP) is 2.92. The highest BCUT2D eigenvalue weighted by atomic mass is 35.5. The van der Waals surface area contributed by atoms with Crippen LogP contribution in [0.4, 0.5) is 5.69 Å². The molecule has 0 aromatic heterocycles. The zero-order chi connectivity index (χ0) is 13.1. The van der Waals surface area contributed by atoms with Gasteiger partial charge in [-0.25, -0.2) is 0 Å². The number of benzene rings is 1. The molecule has 1 aliphatic rings. The number of rotatable bonds is 3. The van der Waals surface area contributed by atoms with E-state index in [2.05, 4.69) is 5.32 Å². The third-order valence-electron chi connectivity index (χ3n) is 3.11. The van der Waals surface area contributed by atoms with E-state index < -0.39 is 4.92 Å². The van der Waals surface area contributed by atoms with Gasteiger partial charge in [-0.3, -0.25) is 14.9 Å². The third-order valence-corrected chi connectivity index (χ3v) is 3.51. The van der Waals surface area contributed by atoms with Crippen LogP contribution >= 0.6 is 11.6 Å². The standard InChI is InChI=1S/C12H13ClN2O3/c13-11-9(6-3-7-10(11)15(17)18)12(16)14-8-4-1-2-5-8/h3,6-8H,1-2,4-5H2,(H,14,16). The van der Waals surface area contributed by atoms with Crippen molar-refractivity contribution in [3.8, 4) is 0 Å². The minimum Gasteiger partial charge on any atom is -0.349 e. The largest absolute Gasteiger partial charge is 0.349 e. The van der Waals surface area contributed by atoms with Gasteiger partial charge in [-0.15, -0.1) is 0 Å². The van der Waals surface area contributed by atoms with Crippen LogP contribution in [0.15, 0.2) is 18.2 Å². The van der Waals surface area contributed by atoms with E-state index in [0.717, 1.165) is 25.7 Å². The predicted molar refractivity (Wildman–Crippen MR) is 67.8 cm³/mol. The zero-order valence-electron chi connectivity index (χ0n) is 9.69. The quantitative estimate of drug-likeness (QED) is 0.677. The van der Waals surface area contributed by atoms with Gasteiger partial charge in [-0.1, -0.05) is 30.5 Å². The van der Waals surface area contributed by atoms with E-state index in [4.69, 9.17) is 11.6 Å². The lowest BCUT2D eigenvalue weighted by Gasteiger charge is -2.12. The van der Waals surface area contributed by atoms with E-state index in [9.17, 15) is 14.9 Å². The number of hydrogen-bond acceptors (Lipinski definition) is 3. The highest BCUT2D eigenvalue weighted by Crippen LogP contribution is 2.28. The van der Waals surface area contributed by atoms with Gasteiger partial charge in [0, 0.05) is 12.1 Å². The second kappa shape index (κ2) is 5.35. The smallest absolute Gasteiger partial charge is 0.288 e. The van der Waals surface area contributed by atoms with Crippen molar-refractivity contribution < 1.29 is 9.72 Å². The molecule has 1 saturated carbocycles. The van der Waals surface area contributed by atoms with Crippen molar-refractivity contribution in [2.24, 2.45) is 0 Å². The number of nitro groups is 1. The Bertz CT molecular complexity index is 484. The molecule has 2 rings (SSSR count). The molecule has 0 heterocycles. The van der Waals surface area contributed by atoms with Gasteiger partial charge in [0.15, 0.2) is 0 Å². The molecule has 6 heteroatoms. The molecule has 1 fully saturated rings. The molecule has 0 atom stereocenters. The Balaban J connectivity index is 2.19. The molecule has 0 spiro atoms. The Hall–Kier alpha value is -1.62. The first kappa shape index (κ1) is 12.8. The van der Waals surface area contributed by atoms with E-state index >= 15 is 0 Å². The molecule has 0 saturated heterocycles. The maximum absolute atomic E-state index is 12.0. The van der Waals surface area contributed by atoms with Gasteiger partial charge in [0.2, 0.25) is 0 Å². The molecule has 0 radical (unpaired) electrons. The normalized spacial score (nSPS) is 15.6. The van der Waals surface area contributed by atoms with Crippen LogP contribution in [0.3, 0.4) is 0 Å². The summed E-state index contributed by atoms with van der Waals surface area (Å²) in [7, 11) is 0. The highest BCUT2D eigenvalue weighted by molar-refractivity contribution is 6.35. The summed E-state index contributed by atoms with van der Waals surface area (Å²) in [6, 6.07) is 4.41. The monoisotopic (exact) mass is 268 g/mol. The minimum atomic E-state index is -0.589. The van der Waals surface area contributed by atoms with Crippen LogP contribution in [0.1, 0.15) is 36.0 Å². The molecular weight excluding hydrogens is 256 g/mol. The van der Waals surface area contributed by atoms with Gasteiger partial charge < -0.3 is 5.32 Å². The van der Waals surface area contributed by atoms with E-state index in [-0.39, 0.29) is 28.2 Å². The van der Waals surface area contributed by atoms with Crippen molar-refractivity contribution in [1.82, 2.24) is 5.32 Å². The van der Waals surface area contributed by atoms with Crippen LogP contribution in [0.5, 0.6) is 0 Å². The summed E-state index contributed by atoms with van der Waals surface area (Å²) in [6.45, 7) is 0. The van der Waals surface area contributed by atoms with E-state index in [1.165, 1.54) is 18.2 Å². The summed E-state index contributed by atoms with van der Waals surface area (Å²) in [5.41, 5.74) is -0.0755. The second-order valence-electron chi connectivity index (χ2n) is 4.35. The molecule has 18 heavy (non-hydrogen) atoms. The number of carbonyl (C=O) groups excluding carboxylic acids is 1. The maximum Gasteiger partial charge on any atom is 0.288 e. The first-order chi connectivity index (χ1) is 8.59. The number of nitrogens with zero attached hydrogens (tertiary/aromatic N) is 1. The summed E-state index contributed by atoms with van der Waals surface area (Å²) in [5.74, 6) is -0.337. The zero-order valence-corrected chi connectivity index (χ0v) is 10.4. The van der Waals surface area contributed by atoms with Gasteiger partial charge >= 0.3 is 0 Å². The van der Waals surface area contributed by atoms with Crippen LogP contribution in [-0.2, 0) is 0 Å². The first-order valence-corrected chi connectivity index (χ1v) is 6.21. The summed E-state index contributed by atoms with van der Waals surface area (Å²) in [4.78, 5) is 22.1. The Labute approximate surface area is 109 Å². The lowest BCUT2D eigenvalue weighted by atomic mass is 10.1. The lowest BCUT2D eigenvalue weighted by Crippen LogP contribution is -2.32. The van der Waals surface area contributed by atoms with Crippen LogP contribution < -0.4 is 5.32 Å². The summed E-state index contributed by atoms with van der Waals surface area (Å²) < 4.78 is 0. The fraction of sp³-hybridized carbons (Fsp3) is 0.417. The van der Waals surface area contributed by atoms with Crippen molar-refractivity contribution in [2.45, 2.75) is 31.7 Å². The fourth-order valence-corrected chi connectivity index (χ4v) is 2.45. The number of amides is 1. The second-order valence-corrected chi connectivity index (χ2v) is 4.73. The number of carbonyl (C=O) groups is 1. The number of hydrogen-bond donors (Lipinski definition) is 1. The number of nitrogens with one attached hydrogen (secondary N) is 1. The van der Waals surface area contributed by atoms with Crippen LogP contribution in [0, 0.1) is 10.1 Å². The summed E-state index contributed by atoms with van der Waals surface area (Å²) >= 11 is 5.88. The molecule has 5 nitrogen and oxygen atoms in total. The summed E-state index contributed by atoms with van der Waals surface area (Å²) in [5, 5.41) is 13.5. The Morgan fingerprint density at radius 3 is 2.67 bits per heavy atom. The van der Waals surface area contributed by atoms with Crippen molar-refractivity contribution in [1.29, 1.82) is 0 Å². The molecule has 0 bridgehead atoms. The van der Waals surface area contributed by atoms with Gasteiger partial charge in [0.05, 0.1) is 10.5 Å². The van der Waals surface area contributed by atoms with Gasteiger partial charge in [0.1, 0.15) is 5.02 Å². The Morgan fingerprint density at radius 2 is 2.06 bits per heavy atom. The van der Waals surface area contributed by atoms with Gasteiger partial charge in [-0.05, 0) is 18.9 Å². The molecule has 1 aromatic carbocycles. The van der Waals surface area contributed by atoms with Crippen LogP contribution in [0.25, 0.3) is 0 Å². The van der Waals surface area contributed by atoms with E-state index in [1.54, 1.807) is 0 Å². The molecule has 1 aliphatic carbocycles. The summed E-state index contributed by atoms with van der Waals surface area (Å²) in [6.07, 6.45) is 4.12. The molecule has 1 N–H and O–H groups in total. The van der Waals surface area contributed by atoms with Crippen LogP contribution in [0.2, 0.25) is 5.02 Å². The first-order valence-electron chi connectivity index (χ1n) is 5.83. The minimum absolute atomic E-state index is 0.0991. The molecular formula is C12H13ClN2O3. The molecule has 1 aromatic rings. The van der Waals surface area contributed by atoms with Gasteiger partial charge in [0.25, 0.3) is 11.6 Å². The highest BCUT2D eigenvalue weighted by Gasteiger charge is 2.23. The SMILES string of the molecule is O=C(NC1CCCC1)c1cccc([N+](=O)[O-])c1Cl. The third kappa shape index (κ3) is 2.61. The van der Waals surface area contributed by atoms with Crippen molar-refractivity contribution in [3.63, 3.8) is 0 Å². The number of halogens is 1. The Kier molecular flexibility index (Phi) is 3.81. The molecule has 1 amide bonds. The topological polar surface area (TPSA) is 72.2 Å².